The second-order valence-corrected chi connectivity index (χ2v) is 9.87. The Balaban J connectivity index is 1.41. The molecule has 0 unspecified atom stereocenters. The lowest BCUT2D eigenvalue weighted by Gasteiger charge is -2.31. The fourth-order valence-corrected chi connectivity index (χ4v) is 5.29. The highest BCUT2D eigenvalue weighted by Gasteiger charge is 2.35. The molecule has 1 aromatic heterocycles. The van der Waals surface area contributed by atoms with Crippen LogP contribution in [0.5, 0.6) is 5.75 Å². The molecule has 10 heteroatoms. The Morgan fingerprint density at radius 2 is 2.03 bits per heavy atom. The first-order valence-electron chi connectivity index (χ1n) is 12.7. The van der Waals surface area contributed by atoms with Gasteiger partial charge < -0.3 is 29.9 Å². The third kappa shape index (κ3) is 4.82. The minimum Gasteiger partial charge on any atom is -0.495 e. The number of carbonyl (C=O) groups is 2. The number of hydrogen-bond donors (Lipinski definition) is 2. The molecule has 1 saturated carbocycles. The number of amides is 2. The van der Waals surface area contributed by atoms with Crippen LogP contribution in [-0.4, -0.2) is 67.8 Å². The lowest BCUT2D eigenvalue weighted by atomic mass is 10.1. The van der Waals surface area contributed by atoms with Crippen LogP contribution in [0, 0.1) is 5.92 Å². The van der Waals surface area contributed by atoms with Crippen LogP contribution in [0.15, 0.2) is 24.4 Å². The Bertz CT molecular complexity index is 1130. The molecule has 2 amide bonds. The summed E-state index contributed by atoms with van der Waals surface area (Å²) in [5, 5.41) is 6.25. The SMILES string of the molecule is COc1cc(C(=O)N[C@H]2CCOC2)ccc1Nc1ncc2c(n1)N(C1CCCC1)C[C@@H](C)C(=O)N2C. The van der Waals surface area contributed by atoms with Crippen molar-refractivity contribution in [1.82, 2.24) is 15.3 Å². The molecule has 0 bridgehead atoms. The summed E-state index contributed by atoms with van der Waals surface area (Å²) in [7, 11) is 3.35. The molecule has 36 heavy (non-hydrogen) atoms. The number of methoxy groups -OCH3 is 1. The zero-order valence-corrected chi connectivity index (χ0v) is 21.1. The lowest BCUT2D eigenvalue weighted by molar-refractivity contribution is -0.121. The van der Waals surface area contributed by atoms with Gasteiger partial charge in [0, 0.05) is 31.8 Å². The smallest absolute Gasteiger partial charge is 0.251 e. The van der Waals surface area contributed by atoms with Crippen molar-refractivity contribution in [3.63, 3.8) is 0 Å². The highest BCUT2D eigenvalue weighted by molar-refractivity contribution is 5.99. The molecular weight excluding hydrogens is 460 g/mol. The number of nitrogens with one attached hydrogen (secondary N) is 2. The zero-order valence-electron chi connectivity index (χ0n) is 21.1. The van der Waals surface area contributed by atoms with Gasteiger partial charge >= 0.3 is 0 Å². The van der Waals surface area contributed by atoms with Gasteiger partial charge in [0.05, 0.1) is 37.6 Å². The quantitative estimate of drug-likeness (QED) is 0.631. The second-order valence-electron chi connectivity index (χ2n) is 9.87. The molecule has 2 N–H and O–H groups in total. The van der Waals surface area contributed by atoms with Gasteiger partial charge in [-0.05, 0) is 37.5 Å². The topological polar surface area (TPSA) is 109 Å². The number of fused-ring (bicyclic) bond motifs is 1. The predicted octanol–water partition coefficient (Wildman–Crippen LogP) is 3.11. The fraction of sp³-hybridized carbons (Fsp3) is 0.538. The molecule has 3 aliphatic rings. The number of hydrogen-bond acceptors (Lipinski definition) is 8. The van der Waals surface area contributed by atoms with Gasteiger partial charge in [-0.1, -0.05) is 19.8 Å². The summed E-state index contributed by atoms with van der Waals surface area (Å²) in [6, 6.07) is 5.64. The second kappa shape index (κ2) is 10.3. The van der Waals surface area contributed by atoms with E-state index >= 15 is 0 Å². The average molecular weight is 495 g/mol. The molecule has 2 aromatic rings. The van der Waals surface area contributed by atoms with Crippen LogP contribution in [0.2, 0.25) is 0 Å². The molecule has 2 fully saturated rings. The van der Waals surface area contributed by atoms with Gasteiger partial charge in [-0.15, -0.1) is 0 Å². The Morgan fingerprint density at radius 3 is 2.75 bits per heavy atom. The van der Waals surface area contributed by atoms with Crippen molar-refractivity contribution < 1.29 is 19.1 Å². The molecule has 5 rings (SSSR count). The maximum atomic E-state index is 12.9. The number of anilines is 4. The standard InChI is InChI=1S/C26H34N6O4/c1-16-14-32(19-6-4-5-7-19)23-21(31(2)25(16)34)13-27-26(30-23)29-20-9-8-17(12-22(20)35-3)24(33)28-18-10-11-36-15-18/h8-9,12-13,16,18-19H,4-7,10-11,14-15H2,1-3H3,(H,28,33)(H,27,29,30)/t16-,18+/m1/s1. The molecule has 2 atom stereocenters. The van der Waals surface area contributed by atoms with Crippen molar-refractivity contribution in [3.05, 3.63) is 30.0 Å². The van der Waals surface area contributed by atoms with Crippen molar-refractivity contribution in [2.45, 2.75) is 51.1 Å². The van der Waals surface area contributed by atoms with E-state index in [1.807, 2.05) is 6.92 Å². The lowest BCUT2D eigenvalue weighted by Crippen LogP contribution is -2.38. The first-order chi connectivity index (χ1) is 17.4. The van der Waals surface area contributed by atoms with E-state index in [1.165, 1.54) is 12.8 Å². The predicted molar refractivity (Wildman–Crippen MR) is 137 cm³/mol. The summed E-state index contributed by atoms with van der Waals surface area (Å²) < 4.78 is 10.9. The van der Waals surface area contributed by atoms with Gasteiger partial charge in [0.1, 0.15) is 11.4 Å². The van der Waals surface area contributed by atoms with E-state index in [9.17, 15) is 9.59 Å². The summed E-state index contributed by atoms with van der Waals surface area (Å²) in [6.07, 6.45) is 7.10. The molecule has 1 aromatic carbocycles. The van der Waals surface area contributed by atoms with Crippen molar-refractivity contribution in [1.29, 1.82) is 0 Å². The Hall–Kier alpha value is -3.40. The number of aromatic nitrogens is 2. The Morgan fingerprint density at radius 1 is 1.22 bits per heavy atom. The first-order valence-corrected chi connectivity index (χ1v) is 12.7. The van der Waals surface area contributed by atoms with E-state index in [2.05, 4.69) is 20.5 Å². The van der Waals surface area contributed by atoms with E-state index in [4.69, 9.17) is 14.5 Å². The van der Waals surface area contributed by atoms with E-state index in [-0.39, 0.29) is 23.8 Å². The van der Waals surface area contributed by atoms with Crippen molar-refractivity contribution >= 4 is 35.0 Å². The largest absolute Gasteiger partial charge is 0.495 e. The van der Waals surface area contributed by atoms with Gasteiger partial charge in [0.15, 0.2) is 5.82 Å². The summed E-state index contributed by atoms with van der Waals surface area (Å²) >= 11 is 0. The van der Waals surface area contributed by atoms with Crippen LogP contribution in [-0.2, 0) is 9.53 Å². The van der Waals surface area contributed by atoms with Crippen LogP contribution in [0.4, 0.5) is 23.1 Å². The molecule has 0 radical (unpaired) electrons. The molecular formula is C26H34N6O4. The molecule has 10 nitrogen and oxygen atoms in total. The van der Waals surface area contributed by atoms with E-state index in [0.717, 1.165) is 30.8 Å². The van der Waals surface area contributed by atoms with E-state index in [1.54, 1.807) is 43.5 Å². The Labute approximate surface area is 211 Å². The van der Waals surface area contributed by atoms with Crippen LogP contribution in [0.1, 0.15) is 49.4 Å². The maximum absolute atomic E-state index is 12.9. The zero-order chi connectivity index (χ0) is 25.2. The van der Waals surface area contributed by atoms with Crippen LogP contribution < -0.4 is 25.2 Å². The molecule has 3 heterocycles. The molecule has 1 aliphatic carbocycles. The van der Waals surface area contributed by atoms with Crippen molar-refractivity contribution in [2.75, 3.05) is 49.0 Å². The average Bonchev–Trinajstić information content (AvgIpc) is 3.60. The van der Waals surface area contributed by atoms with Gasteiger partial charge in [0.25, 0.3) is 5.91 Å². The minimum atomic E-state index is -0.161. The number of rotatable bonds is 6. The summed E-state index contributed by atoms with van der Waals surface area (Å²) in [6.45, 7) is 3.81. The molecule has 192 valence electrons. The fourth-order valence-electron chi connectivity index (χ4n) is 5.29. The molecule has 2 aliphatic heterocycles. The highest BCUT2D eigenvalue weighted by Crippen LogP contribution is 2.38. The van der Waals surface area contributed by atoms with Crippen LogP contribution >= 0.6 is 0 Å². The summed E-state index contributed by atoms with van der Waals surface area (Å²) in [5.74, 6) is 1.47. The summed E-state index contributed by atoms with van der Waals surface area (Å²) in [5.41, 5.74) is 1.88. The first kappa shape index (κ1) is 24.3. The normalized spacial score (nSPS) is 22.4. The monoisotopic (exact) mass is 494 g/mol. The van der Waals surface area contributed by atoms with Gasteiger partial charge in [-0.25, -0.2) is 4.98 Å². The minimum absolute atomic E-state index is 0.0322. The number of carbonyl (C=O) groups excluding carboxylic acids is 2. The van der Waals surface area contributed by atoms with E-state index < -0.39 is 0 Å². The molecule has 1 saturated heterocycles. The third-order valence-corrected chi connectivity index (χ3v) is 7.35. The van der Waals surface area contributed by atoms with Crippen LogP contribution in [0.3, 0.4) is 0 Å². The maximum Gasteiger partial charge on any atom is 0.251 e. The highest BCUT2D eigenvalue weighted by atomic mass is 16.5. The van der Waals surface area contributed by atoms with Crippen molar-refractivity contribution in [3.8, 4) is 5.75 Å². The molecule has 0 spiro atoms. The number of benzene rings is 1. The van der Waals surface area contributed by atoms with Gasteiger partial charge in [-0.3, -0.25) is 9.59 Å². The van der Waals surface area contributed by atoms with Gasteiger partial charge in [-0.2, -0.15) is 4.98 Å². The van der Waals surface area contributed by atoms with Crippen molar-refractivity contribution in [2.24, 2.45) is 5.92 Å². The third-order valence-electron chi connectivity index (χ3n) is 7.35. The van der Waals surface area contributed by atoms with Crippen LogP contribution in [0.25, 0.3) is 0 Å². The Kier molecular flexibility index (Phi) is 6.95. The van der Waals surface area contributed by atoms with Gasteiger partial charge in [0.2, 0.25) is 11.9 Å². The van der Waals surface area contributed by atoms with E-state index in [0.29, 0.717) is 48.7 Å². The number of nitrogens with zero attached hydrogens (tertiary/aromatic N) is 4. The number of ether oxygens (including phenoxy) is 2. The summed E-state index contributed by atoms with van der Waals surface area (Å²) in [4.78, 5) is 38.9.